The normalized spacial score (nSPS) is 16.0. The molecule has 0 saturated carbocycles. The van der Waals surface area contributed by atoms with E-state index in [0.717, 1.165) is 32.7 Å². The lowest BCUT2D eigenvalue weighted by Crippen LogP contribution is -2.48. The summed E-state index contributed by atoms with van der Waals surface area (Å²) in [5, 5.41) is 2.09. The van der Waals surface area contributed by atoms with Crippen LogP contribution in [-0.2, 0) is 13.6 Å². The first-order valence-electron chi connectivity index (χ1n) is 7.34. The first-order chi connectivity index (χ1) is 10.6. The highest BCUT2D eigenvalue weighted by Crippen LogP contribution is 2.14. The number of thiophene rings is 1. The molecule has 1 aliphatic heterocycles. The molecule has 0 N–H and O–H groups in total. The number of carbonyl (C=O) groups is 1. The van der Waals surface area contributed by atoms with Gasteiger partial charge in [-0.15, -0.1) is 11.3 Å². The number of carbonyl (C=O) groups excluding carboxylic acids is 1. The Morgan fingerprint density at radius 3 is 2.59 bits per heavy atom. The van der Waals surface area contributed by atoms with Crippen molar-refractivity contribution in [3.05, 3.63) is 56.6 Å². The molecule has 0 aliphatic carbocycles. The zero-order chi connectivity index (χ0) is 15.5. The highest BCUT2D eigenvalue weighted by Gasteiger charge is 2.22. The minimum Gasteiger partial charge on any atom is -0.336 e. The highest BCUT2D eigenvalue weighted by atomic mass is 32.1. The summed E-state index contributed by atoms with van der Waals surface area (Å²) < 4.78 is 1.44. The number of rotatable bonds is 3. The second-order valence-corrected chi connectivity index (χ2v) is 6.55. The molecule has 1 saturated heterocycles. The number of aromatic nitrogens is 1. The first-order valence-corrected chi connectivity index (χ1v) is 8.22. The van der Waals surface area contributed by atoms with E-state index in [2.05, 4.69) is 22.4 Å². The molecule has 1 aliphatic rings. The van der Waals surface area contributed by atoms with Gasteiger partial charge in [0, 0.05) is 56.9 Å². The van der Waals surface area contributed by atoms with Gasteiger partial charge in [-0.2, -0.15) is 0 Å². The number of piperazine rings is 1. The van der Waals surface area contributed by atoms with Gasteiger partial charge in [0.05, 0.1) is 5.56 Å². The van der Waals surface area contributed by atoms with Crippen LogP contribution in [0.1, 0.15) is 15.2 Å². The van der Waals surface area contributed by atoms with E-state index in [0.29, 0.717) is 5.56 Å². The molecular weight excluding hydrogens is 298 g/mol. The number of hydrogen-bond acceptors (Lipinski definition) is 4. The number of pyridine rings is 1. The Hall–Kier alpha value is -1.92. The second-order valence-electron chi connectivity index (χ2n) is 5.51. The first kappa shape index (κ1) is 15.0. The molecule has 0 unspecified atom stereocenters. The molecule has 2 aromatic heterocycles. The van der Waals surface area contributed by atoms with Crippen LogP contribution in [0.5, 0.6) is 0 Å². The Labute approximate surface area is 133 Å². The van der Waals surface area contributed by atoms with Gasteiger partial charge in [-0.1, -0.05) is 6.07 Å². The maximum atomic E-state index is 12.5. The van der Waals surface area contributed by atoms with E-state index in [4.69, 9.17) is 0 Å². The van der Waals surface area contributed by atoms with Crippen molar-refractivity contribution in [1.29, 1.82) is 0 Å². The average Bonchev–Trinajstić information content (AvgIpc) is 3.03. The molecule has 0 radical (unpaired) electrons. The quantitative estimate of drug-likeness (QED) is 0.860. The lowest BCUT2D eigenvalue weighted by atomic mass is 10.2. The molecule has 6 heteroatoms. The van der Waals surface area contributed by atoms with Crippen molar-refractivity contribution in [1.82, 2.24) is 14.4 Å². The van der Waals surface area contributed by atoms with Gasteiger partial charge in [-0.25, -0.2) is 0 Å². The summed E-state index contributed by atoms with van der Waals surface area (Å²) in [4.78, 5) is 29.5. The molecule has 1 amide bonds. The van der Waals surface area contributed by atoms with Gasteiger partial charge in [0.25, 0.3) is 5.91 Å². The smallest absolute Gasteiger partial charge is 0.255 e. The lowest BCUT2D eigenvalue weighted by molar-refractivity contribution is 0.0629. The van der Waals surface area contributed by atoms with E-state index in [1.54, 1.807) is 30.6 Å². The molecule has 2 aromatic rings. The largest absolute Gasteiger partial charge is 0.336 e. The summed E-state index contributed by atoms with van der Waals surface area (Å²) in [5.74, 6) is 0.00590. The zero-order valence-electron chi connectivity index (χ0n) is 12.6. The van der Waals surface area contributed by atoms with Gasteiger partial charge >= 0.3 is 0 Å². The molecule has 116 valence electrons. The Balaban J connectivity index is 1.59. The fourth-order valence-electron chi connectivity index (χ4n) is 2.64. The topological polar surface area (TPSA) is 45.6 Å². The molecule has 0 aromatic carbocycles. The summed E-state index contributed by atoms with van der Waals surface area (Å²) in [6.07, 6.45) is 1.61. The van der Waals surface area contributed by atoms with Crippen LogP contribution >= 0.6 is 11.3 Å². The molecule has 3 heterocycles. The van der Waals surface area contributed by atoms with E-state index >= 15 is 0 Å². The number of aryl methyl sites for hydroxylation is 1. The highest BCUT2D eigenvalue weighted by molar-refractivity contribution is 7.09. The van der Waals surface area contributed by atoms with Crippen molar-refractivity contribution in [3.8, 4) is 0 Å². The molecule has 0 bridgehead atoms. The van der Waals surface area contributed by atoms with Gasteiger partial charge in [-0.3, -0.25) is 14.5 Å². The third kappa shape index (κ3) is 3.28. The Bertz CT molecular complexity index is 700. The Kier molecular flexibility index (Phi) is 4.40. The van der Waals surface area contributed by atoms with Crippen LogP contribution in [-0.4, -0.2) is 46.5 Å². The maximum Gasteiger partial charge on any atom is 0.255 e. The van der Waals surface area contributed by atoms with Crippen molar-refractivity contribution in [2.45, 2.75) is 6.54 Å². The molecule has 5 nitrogen and oxygen atoms in total. The van der Waals surface area contributed by atoms with Gasteiger partial charge in [0.15, 0.2) is 0 Å². The van der Waals surface area contributed by atoms with Crippen LogP contribution in [0.3, 0.4) is 0 Å². The molecule has 1 fully saturated rings. The van der Waals surface area contributed by atoms with Crippen molar-refractivity contribution >= 4 is 17.2 Å². The summed E-state index contributed by atoms with van der Waals surface area (Å²) in [6, 6.07) is 7.27. The van der Waals surface area contributed by atoms with Crippen LogP contribution in [0.2, 0.25) is 0 Å². The fraction of sp³-hybridized carbons (Fsp3) is 0.375. The van der Waals surface area contributed by atoms with E-state index in [9.17, 15) is 9.59 Å². The van der Waals surface area contributed by atoms with Crippen molar-refractivity contribution in [3.63, 3.8) is 0 Å². The van der Waals surface area contributed by atoms with E-state index in [1.807, 2.05) is 4.90 Å². The second kappa shape index (κ2) is 6.46. The summed E-state index contributed by atoms with van der Waals surface area (Å²) >= 11 is 1.77. The van der Waals surface area contributed by atoms with Gasteiger partial charge in [0.1, 0.15) is 0 Å². The van der Waals surface area contributed by atoms with Gasteiger partial charge in [0.2, 0.25) is 5.56 Å². The van der Waals surface area contributed by atoms with Crippen LogP contribution in [0.25, 0.3) is 0 Å². The monoisotopic (exact) mass is 317 g/mol. The van der Waals surface area contributed by atoms with Gasteiger partial charge in [-0.05, 0) is 17.5 Å². The summed E-state index contributed by atoms with van der Waals surface area (Å²) in [5.41, 5.74) is 0.478. The third-order valence-corrected chi connectivity index (χ3v) is 4.81. The molecule has 0 atom stereocenters. The van der Waals surface area contributed by atoms with E-state index in [1.165, 1.54) is 15.5 Å². The SMILES string of the molecule is Cn1cc(C(=O)N2CCN(Cc3cccs3)CC2)ccc1=O. The summed E-state index contributed by atoms with van der Waals surface area (Å²) in [6.45, 7) is 4.18. The number of hydrogen-bond donors (Lipinski definition) is 0. The number of nitrogens with zero attached hydrogens (tertiary/aromatic N) is 3. The minimum atomic E-state index is -0.0997. The standard InChI is InChI=1S/C16H19N3O2S/c1-17-11-13(4-5-15(17)20)16(21)19-8-6-18(7-9-19)12-14-3-2-10-22-14/h2-5,10-11H,6-9,12H2,1H3. The predicted octanol–water partition coefficient (Wildman–Crippen LogP) is 1.40. The van der Waals surface area contributed by atoms with E-state index < -0.39 is 0 Å². The Morgan fingerprint density at radius 1 is 1.18 bits per heavy atom. The molecule has 22 heavy (non-hydrogen) atoms. The predicted molar refractivity (Wildman–Crippen MR) is 87.2 cm³/mol. The Morgan fingerprint density at radius 2 is 1.95 bits per heavy atom. The summed E-state index contributed by atoms with van der Waals surface area (Å²) in [7, 11) is 1.66. The molecule has 3 rings (SSSR count). The third-order valence-electron chi connectivity index (χ3n) is 3.95. The number of amides is 1. The van der Waals surface area contributed by atoms with Crippen molar-refractivity contribution < 1.29 is 4.79 Å². The minimum absolute atomic E-state index is 0.00590. The molecular formula is C16H19N3O2S. The lowest BCUT2D eigenvalue weighted by Gasteiger charge is -2.34. The van der Waals surface area contributed by atoms with Crippen LogP contribution in [0, 0.1) is 0 Å². The van der Waals surface area contributed by atoms with Crippen molar-refractivity contribution in [2.24, 2.45) is 7.05 Å². The average molecular weight is 317 g/mol. The van der Waals surface area contributed by atoms with Crippen LogP contribution < -0.4 is 5.56 Å². The van der Waals surface area contributed by atoms with Crippen molar-refractivity contribution in [2.75, 3.05) is 26.2 Å². The maximum absolute atomic E-state index is 12.5. The van der Waals surface area contributed by atoms with Crippen LogP contribution in [0.4, 0.5) is 0 Å². The molecule has 0 spiro atoms. The fourth-order valence-corrected chi connectivity index (χ4v) is 3.38. The van der Waals surface area contributed by atoms with Crippen LogP contribution in [0.15, 0.2) is 40.6 Å². The van der Waals surface area contributed by atoms with E-state index in [-0.39, 0.29) is 11.5 Å². The zero-order valence-corrected chi connectivity index (χ0v) is 13.4. The van der Waals surface area contributed by atoms with Gasteiger partial charge < -0.3 is 9.47 Å².